The summed E-state index contributed by atoms with van der Waals surface area (Å²) in [7, 11) is 0. The third-order valence-corrected chi connectivity index (χ3v) is 0.366. The summed E-state index contributed by atoms with van der Waals surface area (Å²) in [6.45, 7) is 0. The van der Waals surface area contributed by atoms with E-state index in [0.717, 1.165) is 0 Å². The van der Waals surface area contributed by atoms with Crippen LogP contribution in [0.25, 0.3) is 0 Å². The summed E-state index contributed by atoms with van der Waals surface area (Å²) in [5.41, 5.74) is 0. The molecule has 0 aliphatic carbocycles. The Morgan fingerprint density at radius 3 is 2.00 bits per heavy atom. The average molecular weight is 251 g/mol. The second-order valence-corrected chi connectivity index (χ2v) is 1.79. The van der Waals surface area contributed by atoms with Gasteiger partial charge in [-0.15, -0.1) is 0 Å². The van der Waals surface area contributed by atoms with Crippen molar-refractivity contribution >= 4 is 27.2 Å². The van der Waals surface area contributed by atoms with Crippen LogP contribution in [0.2, 0.25) is 0 Å². The number of carbonyl (C=O) groups excluding carboxylic acids is 1. The Morgan fingerprint density at radius 2 is 2.00 bits per heavy atom. The topological polar surface area (TPSA) is 34.1 Å². The first-order valence-electron chi connectivity index (χ1n) is 0.658. The molecule has 0 aromatic rings. The summed E-state index contributed by atoms with van der Waals surface area (Å²) in [6, 6.07) is 0. The molecule has 0 heterocycles. The van der Waals surface area contributed by atoms with Gasteiger partial charge in [0.2, 0.25) is 0 Å². The maximum atomic E-state index is 9.07. The van der Waals surface area contributed by atoms with Crippen LogP contribution in [0.15, 0.2) is 0 Å². The summed E-state index contributed by atoms with van der Waals surface area (Å²) in [6.07, 6.45) is 0. The van der Waals surface area contributed by atoms with Crippen LogP contribution in [0, 0.1) is 0 Å². The summed E-state index contributed by atoms with van der Waals surface area (Å²) >= 11 is -1.99. The predicted octanol–water partition coefficient (Wildman–Crippen LogP) is -0.897. The van der Waals surface area contributed by atoms with Crippen LogP contribution < -0.4 is 0 Å². The fourth-order valence-electron chi connectivity index (χ4n) is 0. The van der Waals surface area contributed by atoms with Gasteiger partial charge in [-0.1, -0.05) is 0 Å². The number of rotatable bonds is 0. The van der Waals surface area contributed by atoms with Gasteiger partial charge < -0.3 is 0 Å². The van der Waals surface area contributed by atoms with Crippen molar-refractivity contribution in [3.8, 4) is 0 Å². The summed E-state index contributed by atoms with van der Waals surface area (Å²) in [5, 5.41) is 0. The van der Waals surface area contributed by atoms with Crippen molar-refractivity contribution in [2.75, 3.05) is 0 Å². The molecule has 0 unspecified atom stereocenters. The van der Waals surface area contributed by atoms with Gasteiger partial charge in [0.25, 0.3) is 0 Å². The molecule has 0 radical (unpaired) electrons. The third-order valence-electron chi connectivity index (χ3n) is 0.0417. The van der Waals surface area contributed by atoms with E-state index in [2.05, 4.69) is 0 Å². The second-order valence-electron chi connectivity index (χ2n) is 0.204. The van der Waals surface area contributed by atoms with Crippen LogP contribution >= 0.6 is 0 Å². The second kappa shape index (κ2) is 3.30. The predicted molar refractivity (Wildman–Crippen MR) is 12.1 cm³/mol. The van der Waals surface area contributed by atoms with E-state index in [9.17, 15) is 0 Å². The van der Waals surface area contributed by atoms with Gasteiger partial charge in [0, 0.05) is 0 Å². The van der Waals surface area contributed by atoms with Gasteiger partial charge in [0.1, 0.15) is 0 Å². The molecule has 0 atom stereocenters. The molecular formula is CO2Pb. The van der Waals surface area contributed by atoms with Crippen LogP contribution in [-0.4, -0.2) is 27.2 Å². The Kier molecular flexibility index (Phi) is 3.55. The minimum absolute atomic E-state index is 1.32. The van der Waals surface area contributed by atoms with Crippen LogP contribution in [-0.2, 0) is 7.48 Å². The summed E-state index contributed by atoms with van der Waals surface area (Å²) < 4.78 is 10.4. The molecule has 0 aliphatic rings. The van der Waals surface area contributed by atoms with Gasteiger partial charge in [-0.2, -0.15) is 0 Å². The Balaban J connectivity index is 3.95. The van der Waals surface area contributed by atoms with Gasteiger partial charge in [-0.05, 0) is 0 Å². The van der Waals surface area contributed by atoms with E-state index in [1.54, 1.807) is 0 Å². The van der Waals surface area contributed by atoms with E-state index in [1.165, 1.54) is 3.42 Å². The first kappa shape index (κ1) is 4.30. The molecule has 0 N–H and O–H groups in total. The Bertz CT molecular complexity index is 56.1. The molecule has 0 bridgehead atoms. The number of hydrogen-bond donors (Lipinski definition) is 0. The molecule has 0 saturated carbocycles. The summed E-state index contributed by atoms with van der Waals surface area (Å²) in [4.78, 5) is 8.82. The fourth-order valence-corrected chi connectivity index (χ4v) is 0. The van der Waals surface area contributed by atoms with Crippen molar-refractivity contribution in [3.63, 3.8) is 0 Å². The molecule has 0 amide bonds. The van der Waals surface area contributed by atoms with Crippen molar-refractivity contribution in [1.29, 1.82) is 0 Å². The molecule has 3 heteroatoms. The molecule has 0 aliphatic heterocycles. The molecule has 0 saturated heterocycles. The molecule has 0 aromatic carbocycles. The zero-order valence-corrected chi connectivity index (χ0v) is 5.70. The van der Waals surface area contributed by atoms with Crippen LogP contribution in [0.5, 0.6) is 0 Å². The van der Waals surface area contributed by atoms with Crippen molar-refractivity contribution < 1.29 is 7.48 Å². The van der Waals surface area contributed by atoms with E-state index in [-0.39, 0.29) is 0 Å². The monoisotopic (exact) mass is 252 g/mol. The molecule has 4 heavy (non-hydrogen) atoms. The van der Waals surface area contributed by atoms with Gasteiger partial charge in [0.15, 0.2) is 0 Å². The normalized spacial score (nSPS) is 3.00. The minimum atomic E-state index is -1.99. The van der Waals surface area contributed by atoms with E-state index in [0.29, 0.717) is 0 Å². The zero-order chi connectivity index (χ0) is 3.41. The van der Waals surface area contributed by atoms with Gasteiger partial charge in [-0.3, -0.25) is 0 Å². The molecule has 2 nitrogen and oxygen atoms in total. The Hall–Kier alpha value is 0.302. The van der Waals surface area contributed by atoms with Crippen LogP contribution in [0.1, 0.15) is 0 Å². The van der Waals surface area contributed by atoms with Crippen LogP contribution in [0.4, 0.5) is 0 Å². The Morgan fingerprint density at radius 1 is 1.75 bits per heavy atom. The average Bonchev–Trinajstić information content (AvgIpc) is 1.37. The fraction of sp³-hybridized carbons (Fsp3) is 0. The van der Waals surface area contributed by atoms with Crippen molar-refractivity contribution in [2.45, 2.75) is 0 Å². The standard InChI is InChI=1S/CO.O.Pb/c1-2;;. The molecule has 0 fully saturated rings. The first-order chi connectivity index (χ1) is 1.91. The molecule has 20 valence electrons. The summed E-state index contributed by atoms with van der Waals surface area (Å²) in [5.74, 6) is 0. The SMILES string of the molecule is O=[C]=[Pb]=[O]. The first-order valence-corrected chi connectivity index (χ1v) is 4.19. The van der Waals surface area contributed by atoms with E-state index in [4.69, 9.17) is 7.48 Å². The molecule has 0 aromatic heterocycles. The quantitative estimate of drug-likeness (QED) is 0.523. The molecule has 0 spiro atoms. The van der Waals surface area contributed by atoms with E-state index in [1.807, 2.05) is 0 Å². The van der Waals surface area contributed by atoms with Gasteiger partial charge in [-0.25, -0.2) is 0 Å². The van der Waals surface area contributed by atoms with Gasteiger partial charge in [0.05, 0.1) is 0 Å². The number of hydrogen-bond acceptors (Lipinski definition) is 2. The third kappa shape index (κ3) is 2.30. The zero-order valence-electron chi connectivity index (χ0n) is 1.82. The maximum absolute atomic E-state index is 9.07. The van der Waals surface area contributed by atoms with E-state index >= 15 is 0 Å². The van der Waals surface area contributed by atoms with Crippen molar-refractivity contribution in [2.24, 2.45) is 0 Å². The molecule has 0 rings (SSSR count). The van der Waals surface area contributed by atoms with Crippen molar-refractivity contribution in [3.05, 3.63) is 0 Å². The molecular weight excluding hydrogens is 251 g/mol. The Labute approximate surface area is 35.0 Å². The van der Waals surface area contributed by atoms with Crippen LogP contribution in [0.3, 0.4) is 0 Å². The van der Waals surface area contributed by atoms with Crippen molar-refractivity contribution in [1.82, 2.24) is 0 Å². The van der Waals surface area contributed by atoms with Gasteiger partial charge >= 0.3 is 34.7 Å². The van der Waals surface area contributed by atoms with E-state index < -0.39 is 23.8 Å².